The van der Waals surface area contributed by atoms with Crippen molar-refractivity contribution < 1.29 is 4.74 Å². The summed E-state index contributed by atoms with van der Waals surface area (Å²) in [6.07, 6.45) is 0. The minimum absolute atomic E-state index is 0.409. The molecule has 0 saturated heterocycles. The second-order valence-electron chi connectivity index (χ2n) is 6.72. The molecular weight excluding hydrogens is 372 g/mol. The molecule has 0 spiro atoms. The highest BCUT2D eigenvalue weighted by atomic mass is 32.1. The molecule has 28 heavy (non-hydrogen) atoms. The van der Waals surface area contributed by atoms with Crippen LogP contribution >= 0.6 is 12.2 Å². The number of guanidine groups is 1. The number of anilines is 2. The molecule has 0 bridgehead atoms. The highest BCUT2D eigenvalue weighted by Gasteiger charge is 2.08. The van der Waals surface area contributed by atoms with Gasteiger partial charge in [0.05, 0.1) is 6.61 Å². The van der Waals surface area contributed by atoms with E-state index in [4.69, 9.17) is 17.0 Å². The Balaban J connectivity index is 2.06. The van der Waals surface area contributed by atoms with E-state index in [2.05, 4.69) is 44.8 Å². The third-order valence-electron chi connectivity index (χ3n) is 3.48. The van der Waals surface area contributed by atoms with Crippen LogP contribution in [-0.4, -0.2) is 34.2 Å². The predicted molar refractivity (Wildman–Crippen MR) is 119 cm³/mol. The van der Waals surface area contributed by atoms with Crippen LogP contribution in [0.1, 0.15) is 32.2 Å². The average Bonchev–Trinajstić information content (AvgIpc) is 2.60. The van der Waals surface area contributed by atoms with E-state index in [1.54, 1.807) is 0 Å². The zero-order chi connectivity index (χ0) is 20.5. The number of rotatable bonds is 6. The zero-order valence-electron chi connectivity index (χ0n) is 17.0. The van der Waals surface area contributed by atoms with Crippen LogP contribution in [0.25, 0.3) is 0 Å². The predicted octanol–water partition coefficient (Wildman–Crippen LogP) is 3.90. The quantitative estimate of drug-likeness (QED) is 0.385. The molecule has 1 aromatic heterocycles. The van der Waals surface area contributed by atoms with Gasteiger partial charge >= 0.3 is 0 Å². The van der Waals surface area contributed by atoms with Gasteiger partial charge in [-0.2, -0.15) is 0 Å². The van der Waals surface area contributed by atoms with Crippen LogP contribution < -0.4 is 20.7 Å². The van der Waals surface area contributed by atoms with Gasteiger partial charge in [-0.1, -0.05) is 13.8 Å². The zero-order valence-corrected chi connectivity index (χ0v) is 17.9. The summed E-state index contributed by atoms with van der Waals surface area (Å²) in [6, 6.07) is 9.52. The van der Waals surface area contributed by atoms with E-state index >= 15 is 0 Å². The van der Waals surface area contributed by atoms with E-state index in [-0.39, 0.29) is 0 Å². The summed E-state index contributed by atoms with van der Waals surface area (Å²) in [4.78, 5) is 13.4. The molecule has 150 valence electrons. The molecule has 0 fully saturated rings. The lowest BCUT2D eigenvalue weighted by Gasteiger charge is -2.15. The van der Waals surface area contributed by atoms with Crippen LogP contribution in [-0.2, 0) is 0 Å². The Hall–Kier alpha value is -2.74. The first-order valence-corrected chi connectivity index (χ1v) is 9.71. The first kappa shape index (κ1) is 21.6. The SMILES string of the molecule is CCOc1ccc(NC(=S)NC(=NCC(C)C)Nc2nc(C)cc(C)n2)cc1. The minimum Gasteiger partial charge on any atom is -0.494 e. The van der Waals surface area contributed by atoms with E-state index < -0.39 is 0 Å². The van der Waals surface area contributed by atoms with Gasteiger partial charge < -0.3 is 15.4 Å². The van der Waals surface area contributed by atoms with Crippen LogP contribution in [0.5, 0.6) is 5.75 Å². The number of aryl methyl sites for hydroxylation is 2. The van der Waals surface area contributed by atoms with E-state index in [1.807, 2.05) is 51.1 Å². The number of ether oxygens (including phenoxy) is 1. The molecule has 1 aromatic carbocycles. The lowest BCUT2D eigenvalue weighted by molar-refractivity contribution is 0.340. The monoisotopic (exact) mass is 400 g/mol. The summed E-state index contributed by atoms with van der Waals surface area (Å²) < 4.78 is 5.45. The van der Waals surface area contributed by atoms with Crippen LogP contribution in [0.3, 0.4) is 0 Å². The number of nitrogens with one attached hydrogen (secondary N) is 3. The topological polar surface area (TPSA) is 83.5 Å². The van der Waals surface area contributed by atoms with Crippen molar-refractivity contribution >= 4 is 34.9 Å². The fourth-order valence-corrected chi connectivity index (χ4v) is 2.56. The third kappa shape index (κ3) is 7.48. The summed E-state index contributed by atoms with van der Waals surface area (Å²) in [5, 5.41) is 9.78. The van der Waals surface area contributed by atoms with Crippen LogP contribution in [0.2, 0.25) is 0 Å². The molecule has 0 saturated carbocycles. The maximum absolute atomic E-state index is 5.45. The molecule has 7 nitrogen and oxygen atoms in total. The average molecular weight is 401 g/mol. The van der Waals surface area contributed by atoms with Crippen LogP contribution in [0, 0.1) is 19.8 Å². The van der Waals surface area contributed by atoms with Crippen molar-refractivity contribution in [2.75, 3.05) is 23.8 Å². The van der Waals surface area contributed by atoms with Crippen LogP contribution in [0.15, 0.2) is 35.3 Å². The Morgan fingerprint density at radius 1 is 1.11 bits per heavy atom. The van der Waals surface area contributed by atoms with Gasteiger partial charge in [0.2, 0.25) is 11.9 Å². The lowest BCUT2D eigenvalue weighted by Crippen LogP contribution is -2.39. The lowest BCUT2D eigenvalue weighted by atomic mass is 10.2. The Bertz CT molecular complexity index is 800. The van der Waals surface area contributed by atoms with Gasteiger partial charge in [0.15, 0.2) is 5.11 Å². The Labute approximate surface area is 172 Å². The molecule has 0 atom stereocenters. The van der Waals surface area contributed by atoms with Gasteiger partial charge in [0, 0.05) is 23.6 Å². The number of hydrogen-bond donors (Lipinski definition) is 3. The van der Waals surface area contributed by atoms with Crippen LogP contribution in [0.4, 0.5) is 11.6 Å². The number of thiocarbonyl (C=S) groups is 1. The molecule has 8 heteroatoms. The maximum Gasteiger partial charge on any atom is 0.229 e. The van der Waals surface area contributed by atoms with Crippen molar-refractivity contribution in [3.05, 3.63) is 41.7 Å². The van der Waals surface area contributed by atoms with Crippen molar-refractivity contribution in [3.8, 4) is 5.75 Å². The molecule has 0 radical (unpaired) electrons. The molecule has 2 aromatic rings. The highest BCUT2D eigenvalue weighted by Crippen LogP contribution is 2.15. The van der Waals surface area contributed by atoms with E-state index in [9.17, 15) is 0 Å². The van der Waals surface area contributed by atoms with Crippen molar-refractivity contribution in [1.82, 2.24) is 15.3 Å². The van der Waals surface area contributed by atoms with Gasteiger partial charge in [-0.15, -0.1) is 0 Å². The molecule has 1 heterocycles. The maximum atomic E-state index is 5.45. The smallest absolute Gasteiger partial charge is 0.229 e. The van der Waals surface area contributed by atoms with Gasteiger partial charge in [-0.3, -0.25) is 10.3 Å². The van der Waals surface area contributed by atoms with Gasteiger partial charge in [0.25, 0.3) is 0 Å². The summed E-state index contributed by atoms with van der Waals surface area (Å²) in [5.41, 5.74) is 2.62. The second-order valence-corrected chi connectivity index (χ2v) is 7.13. The molecule has 0 aliphatic rings. The number of nitrogens with zero attached hydrogens (tertiary/aromatic N) is 3. The summed E-state index contributed by atoms with van der Waals surface area (Å²) in [7, 11) is 0. The van der Waals surface area contributed by atoms with Gasteiger partial charge in [-0.05, 0) is 69.2 Å². The first-order valence-electron chi connectivity index (χ1n) is 9.30. The van der Waals surface area contributed by atoms with E-state index in [1.165, 1.54) is 0 Å². The summed E-state index contributed by atoms with van der Waals surface area (Å²) >= 11 is 5.43. The number of aromatic nitrogens is 2. The molecule has 0 unspecified atom stereocenters. The number of benzene rings is 1. The third-order valence-corrected chi connectivity index (χ3v) is 3.69. The molecule has 0 aliphatic carbocycles. The van der Waals surface area contributed by atoms with Gasteiger partial charge in [0.1, 0.15) is 5.75 Å². The second kappa shape index (κ2) is 10.6. The minimum atomic E-state index is 0.409. The molecule has 0 amide bonds. The highest BCUT2D eigenvalue weighted by molar-refractivity contribution is 7.80. The molecular formula is C20H28N6OS. The van der Waals surface area contributed by atoms with Crippen molar-refractivity contribution in [1.29, 1.82) is 0 Å². The van der Waals surface area contributed by atoms with Crippen molar-refractivity contribution in [3.63, 3.8) is 0 Å². The number of aliphatic imine (C=N–C) groups is 1. The first-order chi connectivity index (χ1) is 13.4. The fraction of sp³-hybridized carbons (Fsp3) is 0.400. The Morgan fingerprint density at radius 2 is 1.75 bits per heavy atom. The molecule has 3 N–H and O–H groups in total. The molecule has 2 rings (SSSR count). The Morgan fingerprint density at radius 3 is 2.32 bits per heavy atom. The van der Waals surface area contributed by atoms with E-state index in [0.29, 0.717) is 36.1 Å². The Kier molecular flexibility index (Phi) is 8.13. The van der Waals surface area contributed by atoms with Crippen molar-refractivity contribution in [2.24, 2.45) is 10.9 Å². The summed E-state index contributed by atoms with van der Waals surface area (Å²) in [5.74, 6) is 2.21. The molecule has 0 aliphatic heterocycles. The van der Waals surface area contributed by atoms with Gasteiger partial charge in [-0.25, -0.2) is 9.97 Å². The fourth-order valence-electron chi connectivity index (χ4n) is 2.34. The number of hydrogen-bond acceptors (Lipinski definition) is 5. The standard InChI is InChI=1S/C20H28N6OS/c1-6-27-17-9-7-16(8-10-17)24-20(28)26-18(21-12-13(2)3)25-19-22-14(4)11-15(5)23-19/h7-11,13H,6,12H2,1-5H3,(H3,21,22,23,24,25,26,28). The normalized spacial score (nSPS) is 11.3. The largest absolute Gasteiger partial charge is 0.494 e. The van der Waals surface area contributed by atoms with Crippen molar-refractivity contribution in [2.45, 2.75) is 34.6 Å². The summed E-state index contributed by atoms with van der Waals surface area (Å²) in [6.45, 7) is 11.3. The van der Waals surface area contributed by atoms with E-state index in [0.717, 1.165) is 22.8 Å².